The molecule has 0 unspecified atom stereocenters. The Morgan fingerprint density at radius 2 is 1.91 bits per heavy atom. The van der Waals surface area contributed by atoms with Crippen LogP contribution in [0.4, 0.5) is 24.7 Å². The fraction of sp³-hybridized carbons (Fsp3) is 0.355. The van der Waals surface area contributed by atoms with Gasteiger partial charge in [-0.1, -0.05) is 29.8 Å². The SMILES string of the molecule is N#Cc1ccnc(N2C(=O)CC[C@H]2C(=O)N(c2cncc(F)c2)[C@H](C(=O)NC2CC3(C2)CC(F)(F)C3)c2ccccc2Cl)c1. The number of hydrogen-bond donors (Lipinski definition) is 1. The van der Waals surface area contributed by atoms with E-state index < -0.39 is 53.0 Å². The molecule has 0 bridgehead atoms. The summed E-state index contributed by atoms with van der Waals surface area (Å²) >= 11 is 6.57. The van der Waals surface area contributed by atoms with Crippen molar-refractivity contribution >= 4 is 40.8 Å². The standard InChI is InChI=1S/C31H26ClF3N6O3/c32-23-4-2-1-3-22(23)27(28(43)39-20-11-30(12-20)16-31(34,35)17-30)40(21-10-19(33)14-37-15-21)29(44)24-5-6-26(42)41(24)25-9-18(13-36)7-8-38-25/h1-4,7-10,14-15,20,24,27H,5-6,11-12,16-17H2,(H,39,43)/t24-,27-/m0/s1. The molecule has 3 heterocycles. The number of benzene rings is 1. The van der Waals surface area contributed by atoms with Crippen molar-refractivity contribution in [3.05, 3.63) is 83.0 Å². The lowest BCUT2D eigenvalue weighted by Crippen LogP contribution is -2.61. The average Bonchev–Trinajstić information content (AvgIpc) is 3.35. The van der Waals surface area contributed by atoms with Gasteiger partial charge < -0.3 is 5.32 Å². The van der Waals surface area contributed by atoms with E-state index in [4.69, 9.17) is 11.6 Å². The van der Waals surface area contributed by atoms with Gasteiger partial charge in [0.1, 0.15) is 23.7 Å². The number of alkyl halides is 2. The van der Waals surface area contributed by atoms with Crippen LogP contribution in [0, 0.1) is 22.6 Å². The predicted molar refractivity (Wildman–Crippen MR) is 153 cm³/mol. The fourth-order valence-electron chi connectivity index (χ4n) is 6.72. The van der Waals surface area contributed by atoms with E-state index in [2.05, 4.69) is 15.3 Å². The first-order chi connectivity index (χ1) is 21.0. The zero-order chi connectivity index (χ0) is 31.2. The topological polar surface area (TPSA) is 119 Å². The molecule has 1 saturated heterocycles. The maximum Gasteiger partial charge on any atom is 0.251 e. The van der Waals surface area contributed by atoms with Crippen LogP contribution in [0.5, 0.6) is 0 Å². The molecule has 1 aromatic carbocycles. The van der Waals surface area contributed by atoms with Gasteiger partial charge in [-0.25, -0.2) is 18.2 Å². The van der Waals surface area contributed by atoms with Crippen molar-refractivity contribution in [2.45, 2.75) is 62.6 Å². The zero-order valence-electron chi connectivity index (χ0n) is 23.2. The molecule has 1 aliphatic heterocycles. The summed E-state index contributed by atoms with van der Waals surface area (Å²) in [5, 5.41) is 12.4. The third kappa shape index (κ3) is 5.48. The minimum atomic E-state index is -2.70. The highest BCUT2D eigenvalue weighted by Crippen LogP contribution is 2.62. The summed E-state index contributed by atoms with van der Waals surface area (Å²) in [5.74, 6) is -5.18. The van der Waals surface area contributed by atoms with E-state index in [1.54, 1.807) is 24.3 Å². The zero-order valence-corrected chi connectivity index (χ0v) is 24.0. The number of anilines is 2. The molecule has 2 atom stereocenters. The minimum absolute atomic E-state index is 0.0120. The molecule has 1 spiro atoms. The first kappa shape index (κ1) is 29.6. The monoisotopic (exact) mass is 622 g/mol. The number of nitrogens with zero attached hydrogens (tertiary/aromatic N) is 5. The first-order valence-corrected chi connectivity index (χ1v) is 14.4. The maximum absolute atomic E-state index is 14.6. The van der Waals surface area contributed by atoms with Gasteiger partial charge in [0.2, 0.25) is 17.7 Å². The molecule has 3 aromatic rings. The number of pyridine rings is 2. The predicted octanol–water partition coefficient (Wildman–Crippen LogP) is 5.10. The lowest BCUT2D eigenvalue weighted by Gasteiger charge is -2.57. The summed E-state index contributed by atoms with van der Waals surface area (Å²) in [5.41, 5.74) is -0.118. The Morgan fingerprint density at radius 3 is 2.59 bits per heavy atom. The Bertz CT molecular complexity index is 1680. The van der Waals surface area contributed by atoms with E-state index in [1.165, 1.54) is 29.4 Å². The van der Waals surface area contributed by atoms with E-state index in [-0.39, 0.29) is 53.3 Å². The Balaban J connectivity index is 1.39. The van der Waals surface area contributed by atoms with Crippen LogP contribution in [0.1, 0.15) is 55.7 Å². The van der Waals surface area contributed by atoms with Gasteiger partial charge in [0.15, 0.2) is 0 Å². The number of rotatable bonds is 7. The van der Waals surface area contributed by atoms with Crippen LogP contribution in [0.25, 0.3) is 0 Å². The van der Waals surface area contributed by atoms with Gasteiger partial charge in [-0.2, -0.15) is 5.26 Å². The van der Waals surface area contributed by atoms with Crippen LogP contribution in [-0.4, -0.2) is 45.7 Å². The van der Waals surface area contributed by atoms with Gasteiger partial charge in [-0.05, 0) is 42.9 Å². The summed E-state index contributed by atoms with van der Waals surface area (Å²) in [4.78, 5) is 52.1. The molecule has 2 saturated carbocycles. The van der Waals surface area contributed by atoms with Crippen molar-refractivity contribution in [3.8, 4) is 6.07 Å². The number of carbonyl (C=O) groups excluding carboxylic acids is 3. The molecule has 3 aliphatic rings. The van der Waals surface area contributed by atoms with Gasteiger partial charge in [0.05, 0.1) is 29.7 Å². The molecule has 3 amide bonds. The molecule has 2 aliphatic carbocycles. The second kappa shape index (κ2) is 11.2. The van der Waals surface area contributed by atoms with E-state index >= 15 is 0 Å². The first-order valence-electron chi connectivity index (χ1n) is 14.0. The van der Waals surface area contributed by atoms with Crippen molar-refractivity contribution in [2.75, 3.05) is 9.80 Å². The highest BCUT2D eigenvalue weighted by atomic mass is 35.5. The molecule has 13 heteroatoms. The lowest BCUT2D eigenvalue weighted by atomic mass is 9.52. The van der Waals surface area contributed by atoms with Crippen LogP contribution in [0.2, 0.25) is 5.02 Å². The highest BCUT2D eigenvalue weighted by Gasteiger charge is 2.62. The normalized spacial score (nSPS) is 20.8. The number of carbonyl (C=O) groups is 3. The Morgan fingerprint density at radius 1 is 1.16 bits per heavy atom. The molecule has 3 fully saturated rings. The van der Waals surface area contributed by atoms with Gasteiger partial charge >= 0.3 is 0 Å². The second-order valence-corrected chi connectivity index (χ2v) is 12.1. The number of amides is 3. The van der Waals surface area contributed by atoms with Crippen molar-refractivity contribution in [1.29, 1.82) is 5.26 Å². The molecule has 44 heavy (non-hydrogen) atoms. The molecule has 0 radical (unpaired) electrons. The minimum Gasteiger partial charge on any atom is -0.351 e. The molecule has 9 nitrogen and oxygen atoms in total. The van der Waals surface area contributed by atoms with Crippen LogP contribution in [0.3, 0.4) is 0 Å². The van der Waals surface area contributed by atoms with Crippen LogP contribution >= 0.6 is 11.6 Å². The van der Waals surface area contributed by atoms with Crippen LogP contribution in [-0.2, 0) is 14.4 Å². The molecular weight excluding hydrogens is 597 g/mol. The van der Waals surface area contributed by atoms with Crippen molar-refractivity contribution in [3.63, 3.8) is 0 Å². The van der Waals surface area contributed by atoms with Gasteiger partial charge in [-0.3, -0.25) is 29.2 Å². The van der Waals surface area contributed by atoms with E-state index in [1.807, 2.05) is 6.07 Å². The summed E-state index contributed by atoms with van der Waals surface area (Å²) in [7, 11) is 0. The Hall–Kier alpha value is -4.50. The molecular formula is C31H26ClF3N6O3. The smallest absolute Gasteiger partial charge is 0.251 e. The van der Waals surface area contributed by atoms with Crippen LogP contribution in [0.15, 0.2) is 61.1 Å². The number of aromatic nitrogens is 2. The van der Waals surface area contributed by atoms with Gasteiger partial charge in [0, 0.05) is 48.2 Å². The highest BCUT2D eigenvalue weighted by molar-refractivity contribution is 6.31. The molecule has 6 rings (SSSR count). The fourth-order valence-corrected chi connectivity index (χ4v) is 6.96. The number of nitrogens with one attached hydrogen (secondary N) is 1. The Labute approximate surface area is 255 Å². The molecule has 226 valence electrons. The molecule has 1 N–H and O–H groups in total. The largest absolute Gasteiger partial charge is 0.351 e. The van der Waals surface area contributed by atoms with E-state index in [9.17, 15) is 32.8 Å². The summed E-state index contributed by atoms with van der Waals surface area (Å²) in [6.07, 6.45) is 3.84. The van der Waals surface area contributed by atoms with Crippen LogP contribution < -0.4 is 15.1 Å². The average molecular weight is 623 g/mol. The second-order valence-electron chi connectivity index (χ2n) is 11.6. The maximum atomic E-state index is 14.6. The lowest BCUT2D eigenvalue weighted by molar-refractivity contribution is -0.198. The summed E-state index contributed by atoms with van der Waals surface area (Å²) < 4.78 is 41.8. The third-order valence-electron chi connectivity index (χ3n) is 8.50. The number of nitriles is 1. The number of halogens is 4. The molecule has 2 aromatic heterocycles. The quantitative estimate of drug-likeness (QED) is 0.391. The van der Waals surface area contributed by atoms with Crippen molar-refractivity contribution < 1.29 is 27.6 Å². The van der Waals surface area contributed by atoms with Crippen molar-refractivity contribution in [2.24, 2.45) is 5.41 Å². The van der Waals surface area contributed by atoms with Crippen molar-refractivity contribution in [1.82, 2.24) is 15.3 Å². The van der Waals surface area contributed by atoms with Gasteiger partial charge in [-0.15, -0.1) is 0 Å². The third-order valence-corrected chi connectivity index (χ3v) is 8.85. The van der Waals surface area contributed by atoms with E-state index in [0.717, 1.165) is 17.2 Å². The van der Waals surface area contributed by atoms with Gasteiger partial charge in [0.25, 0.3) is 5.91 Å². The van der Waals surface area contributed by atoms with E-state index in [0.29, 0.717) is 12.8 Å². The Kier molecular flexibility index (Phi) is 7.53. The number of hydrogen-bond acceptors (Lipinski definition) is 6. The summed E-state index contributed by atoms with van der Waals surface area (Å²) in [6.45, 7) is 0. The summed E-state index contributed by atoms with van der Waals surface area (Å²) in [6, 6.07) is 9.25.